The quantitative estimate of drug-likeness (QED) is 0.371. The van der Waals surface area contributed by atoms with Crippen LogP contribution in [-0.4, -0.2) is 16.5 Å². The average molecular weight is 316 g/mol. The van der Waals surface area contributed by atoms with Crippen molar-refractivity contribution in [2.24, 2.45) is 0 Å². The summed E-state index contributed by atoms with van der Waals surface area (Å²) in [6.07, 6.45) is 0. The number of carbonyl (C=O) groups excluding carboxylic acids is 1. The van der Waals surface area contributed by atoms with Crippen LogP contribution in [0.3, 0.4) is 0 Å². The van der Waals surface area contributed by atoms with Gasteiger partial charge in [0, 0.05) is 12.1 Å². The third-order valence-corrected chi connectivity index (χ3v) is 2.91. The van der Waals surface area contributed by atoms with E-state index in [1.54, 1.807) is 20.8 Å². The average Bonchev–Trinajstić information content (AvgIpc) is 2.26. The summed E-state index contributed by atoms with van der Waals surface area (Å²) < 4.78 is 5.21. The van der Waals surface area contributed by atoms with Crippen LogP contribution < -0.4 is 0 Å². The summed E-state index contributed by atoms with van der Waals surface area (Å²) in [4.78, 5) is 21.2. The highest BCUT2D eigenvalue weighted by atomic mass is 79.9. The lowest BCUT2D eigenvalue weighted by Gasteiger charge is -2.21. The molecule has 0 fully saturated rings. The summed E-state index contributed by atoms with van der Waals surface area (Å²) in [5.74, 6) is -0.420. The molecule has 0 saturated carbocycles. The molecular weight excluding hydrogens is 302 g/mol. The van der Waals surface area contributed by atoms with Crippen molar-refractivity contribution in [3.05, 3.63) is 39.9 Å². The molecule has 1 unspecified atom stereocenters. The molecule has 0 aliphatic carbocycles. The molecule has 18 heavy (non-hydrogen) atoms. The number of hydrogen-bond acceptors (Lipinski definition) is 4. The molecule has 98 valence electrons. The van der Waals surface area contributed by atoms with Crippen LogP contribution >= 0.6 is 15.9 Å². The molecule has 1 atom stereocenters. The number of hydrogen-bond donors (Lipinski definition) is 0. The number of ether oxygens (including phenoxy) is 1. The molecule has 1 rings (SSSR count). The number of benzene rings is 1. The van der Waals surface area contributed by atoms with E-state index in [2.05, 4.69) is 15.9 Å². The molecule has 0 spiro atoms. The van der Waals surface area contributed by atoms with Crippen LogP contribution in [0.1, 0.15) is 31.2 Å². The van der Waals surface area contributed by atoms with Crippen molar-refractivity contribution in [1.29, 1.82) is 0 Å². The maximum Gasteiger partial charge on any atom is 0.324 e. The number of nitro groups is 1. The second-order valence-corrected chi connectivity index (χ2v) is 5.66. The topological polar surface area (TPSA) is 69.4 Å². The maximum atomic E-state index is 11.8. The number of esters is 1. The van der Waals surface area contributed by atoms with Crippen molar-refractivity contribution in [3.8, 4) is 0 Å². The molecule has 5 nitrogen and oxygen atoms in total. The first-order chi connectivity index (χ1) is 8.20. The van der Waals surface area contributed by atoms with Crippen LogP contribution in [0, 0.1) is 10.1 Å². The van der Waals surface area contributed by atoms with Crippen LogP contribution in [-0.2, 0) is 9.53 Å². The smallest absolute Gasteiger partial charge is 0.324 e. The Morgan fingerprint density at radius 2 is 1.83 bits per heavy atom. The molecule has 0 aliphatic rings. The van der Waals surface area contributed by atoms with Crippen LogP contribution in [0.4, 0.5) is 5.69 Å². The first-order valence-electron chi connectivity index (χ1n) is 5.32. The third kappa shape index (κ3) is 4.10. The van der Waals surface area contributed by atoms with Crippen molar-refractivity contribution in [3.63, 3.8) is 0 Å². The van der Waals surface area contributed by atoms with Gasteiger partial charge in [-0.2, -0.15) is 0 Å². The highest BCUT2D eigenvalue weighted by Gasteiger charge is 2.24. The predicted molar refractivity (Wildman–Crippen MR) is 70.6 cm³/mol. The first kappa shape index (κ1) is 14.6. The van der Waals surface area contributed by atoms with Crippen molar-refractivity contribution < 1.29 is 14.5 Å². The van der Waals surface area contributed by atoms with Gasteiger partial charge in [0.1, 0.15) is 10.4 Å². The molecule has 0 saturated heterocycles. The van der Waals surface area contributed by atoms with Gasteiger partial charge in [0.25, 0.3) is 5.69 Å². The SMILES string of the molecule is CC(C)(C)OC(=O)C(Br)c1ccc([N+](=O)[O-])cc1. The second kappa shape index (κ2) is 5.48. The number of alkyl halides is 1. The third-order valence-electron chi connectivity index (χ3n) is 2.01. The van der Waals surface area contributed by atoms with Gasteiger partial charge in [-0.25, -0.2) is 0 Å². The van der Waals surface area contributed by atoms with E-state index >= 15 is 0 Å². The number of nitrogens with zero attached hydrogens (tertiary/aromatic N) is 1. The van der Waals surface area contributed by atoms with Crippen LogP contribution in [0.2, 0.25) is 0 Å². The van der Waals surface area contributed by atoms with Gasteiger partial charge in [0.2, 0.25) is 0 Å². The van der Waals surface area contributed by atoms with Gasteiger partial charge in [-0.05, 0) is 26.3 Å². The van der Waals surface area contributed by atoms with Gasteiger partial charge >= 0.3 is 5.97 Å². The molecular formula is C12H14BrNO4. The molecule has 1 aromatic rings. The molecule has 1 aromatic carbocycles. The van der Waals surface area contributed by atoms with Gasteiger partial charge in [0.05, 0.1) is 4.92 Å². The first-order valence-corrected chi connectivity index (χ1v) is 6.23. The van der Waals surface area contributed by atoms with Crippen LogP contribution in [0.25, 0.3) is 0 Å². The Kier molecular flexibility index (Phi) is 4.45. The summed E-state index contributed by atoms with van der Waals surface area (Å²) >= 11 is 3.22. The minimum atomic E-state index is -0.627. The molecule has 0 heterocycles. The normalized spacial score (nSPS) is 12.9. The number of nitro benzene ring substituents is 1. The summed E-state index contributed by atoms with van der Waals surface area (Å²) in [6, 6.07) is 5.77. The zero-order valence-corrected chi connectivity index (χ0v) is 11.9. The van der Waals surface area contributed by atoms with Gasteiger partial charge in [-0.1, -0.05) is 28.1 Å². The molecule has 0 amide bonds. The fourth-order valence-electron chi connectivity index (χ4n) is 1.25. The molecule has 0 bridgehead atoms. The minimum Gasteiger partial charge on any atom is -0.459 e. The number of carbonyl (C=O) groups is 1. The zero-order chi connectivity index (χ0) is 13.9. The van der Waals surface area contributed by atoms with E-state index in [9.17, 15) is 14.9 Å². The molecule has 0 aliphatic heterocycles. The predicted octanol–water partition coefficient (Wildman–Crippen LogP) is 3.37. The van der Waals surface area contributed by atoms with Crippen molar-refractivity contribution in [2.45, 2.75) is 31.2 Å². The van der Waals surface area contributed by atoms with Crippen LogP contribution in [0.15, 0.2) is 24.3 Å². The molecule has 0 aromatic heterocycles. The molecule has 0 radical (unpaired) electrons. The Bertz CT molecular complexity index is 450. The summed E-state index contributed by atoms with van der Waals surface area (Å²) in [5, 5.41) is 10.5. The zero-order valence-electron chi connectivity index (χ0n) is 10.3. The van der Waals surface area contributed by atoms with E-state index in [0.29, 0.717) is 5.56 Å². The van der Waals surface area contributed by atoms with Crippen molar-refractivity contribution in [2.75, 3.05) is 0 Å². The summed E-state index contributed by atoms with van der Waals surface area (Å²) in [7, 11) is 0. The highest BCUT2D eigenvalue weighted by molar-refractivity contribution is 9.09. The number of halogens is 1. The van der Waals surface area contributed by atoms with E-state index in [1.807, 2.05) is 0 Å². The fraction of sp³-hybridized carbons (Fsp3) is 0.417. The van der Waals surface area contributed by atoms with Gasteiger partial charge in [0.15, 0.2) is 0 Å². The second-order valence-electron chi connectivity index (χ2n) is 4.74. The Morgan fingerprint density at radius 3 is 2.22 bits per heavy atom. The monoisotopic (exact) mass is 315 g/mol. The standard InChI is InChI=1S/C12H14BrNO4/c1-12(2,3)18-11(15)10(13)8-4-6-9(7-5-8)14(16)17/h4-7,10H,1-3H3. The Balaban J connectivity index is 2.81. The summed E-state index contributed by atoms with van der Waals surface area (Å²) in [6.45, 7) is 5.33. The van der Waals surface area contributed by atoms with E-state index in [0.717, 1.165) is 0 Å². The van der Waals surface area contributed by atoms with E-state index in [4.69, 9.17) is 4.74 Å². The van der Waals surface area contributed by atoms with Gasteiger partial charge in [-0.3, -0.25) is 14.9 Å². The van der Waals surface area contributed by atoms with Crippen molar-refractivity contribution >= 4 is 27.6 Å². The molecule has 0 N–H and O–H groups in total. The Labute approximate surface area is 113 Å². The van der Waals surface area contributed by atoms with Gasteiger partial charge < -0.3 is 4.74 Å². The minimum absolute atomic E-state index is 0.0114. The summed E-state index contributed by atoms with van der Waals surface area (Å²) in [5.41, 5.74) is 0.0432. The largest absolute Gasteiger partial charge is 0.459 e. The van der Waals surface area contributed by atoms with E-state index in [-0.39, 0.29) is 5.69 Å². The lowest BCUT2D eigenvalue weighted by Crippen LogP contribution is -2.26. The van der Waals surface area contributed by atoms with Gasteiger partial charge in [-0.15, -0.1) is 0 Å². The van der Waals surface area contributed by atoms with E-state index < -0.39 is 21.3 Å². The fourth-order valence-corrected chi connectivity index (χ4v) is 1.65. The molecule has 6 heteroatoms. The Hall–Kier alpha value is -1.43. The lowest BCUT2D eigenvalue weighted by atomic mass is 10.1. The highest BCUT2D eigenvalue weighted by Crippen LogP contribution is 2.27. The number of rotatable bonds is 3. The lowest BCUT2D eigenvalue weighted by molar-refractivity contribution is -0.384. The Morgan fingerprint density at radius 1 is 1.33 bits per heavy atom. The number of non-ortho nitro benzene ring substituents is 1. The maximum absolute atomic E-state index is 11.8. The van der Waals surface area contributed by atoms with E-state index in [1.165, 1.54) is 24.3 Å². The van der Waals surface area contributed by atoms with Crippen LogP contribution in [0.5, 0.6) is 0 Å². The van der Waals surface area contributed by atoms with Crippen molar-refractivity contribution in [1.82, 2.24) is 0 Å².